The molecule has 1 aromatic heterocycles. The summed E-state index contributed by atoms with van der Waals surface area (Å²) in [6.07, 6.45) is 2.81. The molecule has 104 valence electrons. The molecule has 0 aliphatic heterocycles. The average Bonchev–Trinajstić information content (AvgIpc) is 3.08. The lowest BCUT2D eigenvalue weighted by atomic mass is 10.3. The summed E-state index contributed by atoms with van der Waals surface area (Å²) < 4.78 is 4.57. The second-order valence-electron chi connectivity index (χ2n) is 4.42. The van der Waals surface area contributed by atoms with Crippen molar-refractivity contribution in [1.82, 2.24) is 10.3 Å². The van der Waals surface area contributed by atoms with E-state index in [2.05, 4.69) is 20.4 Å². The van der Waals surface area contributed by atoms with Crippen LogP contribution in [-0.2, 0) is 20.7 Å². The van der Waals surface area contributed by atoms with E-state index < -0.39 is 0 Å². The molecule has 0 spiro atoms. The second kappa shape index (κ2) is 6.51. The van der Waals surface area contributed by atoms with Crippen molar-refractivity contribution in [2.24, 2.45) is 0 Å². The summed E-state index contributed by atoms with van der Waals surface area (Å²) in [6, 6.07) is 0.402. The summed E-state index contributed by atoms with van der Waals surface area (Å²) in [6.45, 7) is 0.545. The number of amides is 1. The molecule has 0 radical (unpaired) electrons. The van der Waals surface area contributed by atoms with Gasteiger partial charge >= 0.3 is 5.97 Å². The van der Waals surface area contributed by atoms with Crippen LogP contribution in [0.15, 0.2) is 5.38 Å². The van der Waals surface area contributed by atoms with Crippen molar-refractivity contribution in [2.75, 3.05) is 19.0 Å². The number of methoxy groups -OCH3 is 1. The first-order valence-electron chi connectivity index (χ1n) is 6.22. The van der Waals surface area contributed by atoms with Crippen LogP contribution in [0.25, 0.3) is 0 Å². The molecular formula is C12H17N3O3S. The van der Waals surface area contributed by atoms with Crippen molar-refractivity contribution >= 4 is 28.3 Å². The third kappa shape index (κ3) is 4.86. The number of nitrogens with zero attached hydrogens (tertiary/aromatic N) is 1. The normalized spacial score (nSPS) is 13.9. The first-order chi connectivity index (χ1) is 9.17. The summed E-state index contributed by atoms with van der Waals surface area (Å²) in [5.41, 5.74) is 0.682. The molecule has 1 aromatic rings. The Bertz CT molecular complexity index is 457. The smallest absolute Gasteiger partial charge is 0.311 e. The predicted molar refractivity (Wildman–Crippen MR) is 72.1 cm³/mol. The Hall–Kier alpha value is -1.63. The Balaban J connectivity index is 1.67. The van der Waals surface area contributed by atoms with Crippen molar-refractivity contribution in [2.45, 2.75) is 31.7 Å². The topological polar surface area (TPSA) is 80.3 Å². The highest BCUT2D eigenvalue weighted by Crippen LogP contribution is 2.19. The SMILES string of the molecule is COC(=O)Cc1csc(NCCC(=O)NC2CC2)n1. The lowest BCUT2D eigenvalue weighted by molar-refractivity contribution is -0.139. The maximum atomic E-state index is 11.4. The number of aromatic nitrogens is 1. The molecule has 1 heterocycles. The molecular weight excluding hydrogens is 266 g/mol. The van der Waals surface area contributed by atoms with Gasteiger partial charge in [0.25, 0.3) is 0 Å². The quantitative estimate of drug-likeness (QED) is 0.728. The third-order valence-corrected chi connectivity index (χ3v) is 3.52. The molecule has 0 atom stereocenters. The van der Waals surface area contributed by atoms with Crippen molar-refractivity contribution < 1.29 is 14.3 Å². The van der Waals surface area contributed by atoms with Crippen molar-refractivity contribution in [3.05, 3.63) is 11.1 Å². The average molecular weight is 283 g/mol. The fourth-order valence-electron chi connectivity index (χ4n) is 1.50. The van der Waals surface area contributed by atoms with Gasteiger partial charge in [-0.2, -0.15) is 0 Å². The molecule has 6 nitrogen and oxygen atoms in total. The number of ether oxygens (including phenoxy) is 1. The van der Waals surface area contributed by atoms with Crippen molar-refractivity contribution in [1.29, 1.82) is 0 Å². The van der Waals surface area contributed by atoms with Crippen LogP contribution in [0, 0.1) is 0 Å². The Kier molecular flexibility index (Phi) is 4.73. The molecule has 0 aromatic carbocycles. The number of carbonyl (C=O) groups excluding carboxylic acids is 2. The van der Waals surface area contributed by atoms with Crippen LogP contribution < -0.4 is 10.6 Å². The van der Waals surface area contributed by atoms with Crippen LogP contribution in [0.2, 0.25) is 0 Å². The zero-order valence-corrected chi connectivity index (χ0v) is 11.6. The number of rotatable bonds is 7. The minimum atomic E-state index is -0.305. The molecule has 1 fully saturated rings. The van der Waals surface area contributed by atoms with Crippen molar-refractivity contribution in [3.8, 4) is 0 Å². The summed E-state index contributed by atoms with van der Waals surface area (Å²) in [5.74, 6) is -0.234. The zero-order chi connectivity index (χ0) is 13.7. The fraction of sp³-hybridized carbons (Fsp3) is 0.583. The van der Waals surface area contributed by atoms with Gasteiger partial charge in [0.15, 0.2) is 5.13 Å². The number of esters is 1. The van der Waals surface area contributed by atoms with Gasteiger partial charge in [0.2, 0.25) is 5.91 Å². The van der Waals surface area contributed by atoms with E-state index in [1.54, 1.807) is 0 Å². The van der Waals surface area contributed by atoms with E-state index in [1.165, 1.54) is 18.4 Å². The zero-order valence-electron chi connectivity index (χ0n) is 10.8. The molecule has 1 amide bonds. The molecule has 19 heavy (non-hydrogen) atoms. The molecule has 0 saturated heterocycles. The van der Waals surface area contributed by atoms with Crippen LogP contribution in [-0.4, -0.2) is 36.6 Å². The van der Waals surface area contributed by atoms with Gasteiger partial charge < -0.3 is 15.4 Å². The number of thiazole rings is 1. The Labute approximate surface area is 115 Å². The molecule has 1 saturated carbocycles. The van der Waals surface area contributed by atoms with Crippen LogP contribution in [0.3, 0.4) is 0 Å². The van der Waals surface area contributed by atoms with E-state index >= 15 is 0 Å². The van der Waals surface area contributed by atoms with Crippen LogP contribution in [0.1, 0.15) is 25.0 Å². The van der Waals surface area contributed by atoms with E-state index in [0.717, 1.165) is 18.0 Å². The molecule has 2 N–H and O–H groups in total. The van der Waals surface area contributed by atoms with E-state index in [1.807, 2.05) is 5.38 Å². The lowest BCUT2D eigenvalue weighted by Gasteiger charge is -2.03. The standard InChI is InChI=1S/C12H17N3O3S/c1-18-11(17)6-9-7-19-12(15-9)13-5-4-10(16)14-8-2-3-8/h7-8H,2-6H2,1H3,(H,13,15)(H,14,16). The summed E-state index contributed by atoms with van der Waals surface area (Å²) >= 11 is 1.42. The van der Waals surface area contributed by atoms with Gasteiger partial charge in [-0.05, 0) is 12.8 Å². The second-order valence-corrected chi connectivity index (χ2v) is 5.27. The molecule has 0 unspecified atom stereocenters. The maximum Gasteiger partial charge on any atom is 0.311 e. The number of hydrogen-bond acceptors (Lipinski definition) is 6. The fourth-order valence-corrected chi connectivity index (χ4v) is 2.24. The molecule has 2 rings (SSSR count). The van der Waals surface area contributed by atoms with Crippen LogP contribution >= 0.6 is 11.3 Å². The van der Waals surface area contributed by atoms with Gasteiger partial charge in [0, 0.05) is 24.4 Å². The summed E-state index contributed by atoms with van der Waals surface area (Å²) in [7, 11) is 1.35. The minimum absolute atomic E-state index is 0.0707. The third-order valence-electron chi connectivity index (χ3n) is 2.68. The monoisotopic (exact) mass is 283 g/mol. The Morgan fingerprint density at radius 1 is 1.53 bits per heavy atom. The molecule has 1 aliphatic carbocycles. The van der Waals surface area contributed by atoms with Crippen LogP contribution in [0.4, 0.5) is 5.13 Å². The molecule has 7 heteroatoms. The first-order valence-corrected chi connectivity index (χ1v) is 7.10. The van der Waals surface area contributed by atoms with E-state index in [0.29, 0.717) is 24.7 Å². The number of carbonyl (C=O) groups is 2. The number of hydrogen-bond donors (Lipinski definition) is 2. The predicted octanol–water partition coefficient (Wildman–Crippen LogP) is 0.939. The van der Waals surface area contributed by atoms with Gasteiger partial charge in [-0.1, -0.05) is 0 Å². The molecule has 0 bridgehead atoms. The van der Waals surface area contributed by atoms with Crippen molar-refractivity contribution in [3.63, 3.8) is 0 Å². The number of nitrogens with one attached hydrogen (secondary N) is 2. The largest absolute Gasteiger partial charge is 0.469 e. The van der Waals surface area contributed by atoms with Gasteiger partial charge in [-0.25, -0.2) is 4.98 Å². The van der Waals surface area contributed by atoms with Gasteiger partial charge in [0.05, 0.1) is 19.2 Å². The van der Waals surface area contributed by atoms with E-state index in [9.17, 15) is 9.59 Å². The first kappa shape index (κ1) is 13.8. The van der Waals surface area contributed by atoms with E-state index in [-0.39, 0.29) is 18.3 Å². The maximum absolute atomic E-state index is 11.4. The Morgan fingerprint density at radius 3 is 3.00 bits per heavy atom. The molecule has 1 aliphatic rings. The minimum Gasteiger partial charge on any atom is -0.469 e. The highest BCUT2D eigenvalue weighted by molar-refractivity contribution is 7.13. The lowest BCUT2D eigenvalue weighted by Crippen LogP contribution is -2.27. The highest BCUT2D eigenvalue weighted by atomic mass is 32.1. The summed E-state index contributed by atoms with van der Waals surface area (Å²) in [5, 5.41) is 8.53. The van der Waals surface area contributed by atoms with Gasteiger partial charge in [-0.3, -0.25) is 9.59 Å². The van der Waals surface area contributed by atoms with Gasteiger partial charge in [-0.15, -0.1) is 11.3 Å². The Morgan fingerprint density at radius 2 is 2.32 bits per heavy atom. The van der Waals surface area contributed by atoms with Gasteiger partial charge in [0.1, 0.15) is 0 Å². The number of anilines is 1. The van der Waals surface area contributed by atoms with E-state index in [4.69, 9.17) is 0 Å². The van der Waals surface area contributed by atoms with Crippen LogP contribution in [0.5, 0.6) is 0 Å². The highest BCUT2D eigenvalue weighted by Gasteiger charge is 2.22. The summed E-state index contributed by atoms with van der Waals surface area (Å²) in [4.78, 5) is 26.8.